The number of halogens is 1. The molecule has 0 bridgehead atoms. The number of carbonyl (C=O) groups is 1. The number of hydrogen-bond acceptors (Lipinski definition) is 4. The Morgan fingerprint density at radius 2 is 1.77 bits per heavy atom. The molecule has 1 aromatic rings. The Hall–Kier alpha value is -1.15. The topological polar surface area (TPSA) is 101 Å². The van der Waals surface area contributed by atoms with E-state index < -0.39 is 16.1 Å². The van der Waals surface area contributed by atoms with E-state index in [0.717, 1.165) is 6.42 Å². The van der Waals surface area contributed by atoms with Crippen molar-refractivity contribution in [1.29, 1.82) is 0 Å². The van der Waals surface area contributed by atoms with Gasteiger partial charge in [-0.2, -0.15) is 0 Å². The molecule has 1 rings (SSSR count). The van der Waals surface area contributed by atoms with Gasteiger partial charge in [0.05, 0.1) is 10.9 Å². The third kappa shape index (κ3) is 6.31. The van der Waals surface area contributed by atoms with Crippen molar-refractivity contribution in [1.82, 2.24) is 4.72 Å². The Morgan fingerprint density at radius 1 is 1.23 bits per heavy atom. The molecule has 1 aromatic carbocycles. The number of benzene rings is 1. The molecule has 0 aliphatic heterocycles. The van der Waals surface area contributed by atoms with Crippen LogP contribution in [-0.4, -0.2) is 26.4 Å². The van der Waals surface area contributed by atoms with Crippen LogP contribution in [0.3, 0.4) is 0 Å². The lowest BCUT2D eigenvalue weighted by molar-refractivity contribution is -0.117. The summed E-state index contributed by atoms with van der Waals surface area (Å²) in [6, 6.07) is 5.26. The average Bonchev–Trinajstić information content (AvgIpc) is 2.38. The normalized spacial score (nSPS) is 12.6. The van der Waals surface area contributed by atoms with Gasteiger partial charge in [-0.1, -0.05) is 13.3 Å². The minimum absolute atomic E-state index is 0. The molecule has 6 nitrogen and oxygen atoms in total. The molecule has 1 atom stereocenters. The van der Waals surface area contributed by atoms with Gasteiger partial charge < -0.3 is 11.1 Å². The van der Waals surface area contributed by atoms with E-state index >= 15 is 0 Å². The van der Waals surface area contributed by atoms with Crippen molar-refractivity contribution in [2.24, 2.45) is 5.73 Å². The first kappa shape index (κ1) is 20.9. The van der Waals surface area contributed by atoms with Crippen molar-refractivity contribution < 1.29 is 13.2 Å². The number of rotatable bonds is 7. The van der Waals surface area contributed by atoms with Crippen molar-refractivity contribution in [3.05, 3.63) is 24.3 Å². The third-order valence-electron chi connectivity index (χ3n) is 2.76. The number of anilines is 1. The molecule has 0 saturated heterocycles. The number of nitrogens with two attached hydrogens (primary N) is 1. The van der Waals surface area contributed by atoms with Crippen LogP contribution in [-0.2, 0) is 14.8 Å². The molecule has 0 aromatic heterocycles. The lowest BCUT2D eigenvalue weighted by atomic mass is 10.1. The predicted molar refractivity (Wildman–Crippen MR) is 90.7 cm³/mol. The summed E-state index contributed by atoms with van der Waals surface area (Å²) >= 11 is 0. The predicted octanol–water partition coefficient (Wildman–Crippen LogP) is 1.86. The molecule has 1 amide bonds. The molecule has 8 heteroatoms. The standard InChI is InChI=1S/C14H23N3O3S.ClH/c1-4-5-13(15)14(18)16-11-6-8-12(9-7-11)21(19,20)17-10(2)3;/h6-10,13,17H,4-5,15H2,1-3H3,(H,16,18);1H. The molecule has 0 fully saturated rings. The second-order valence-electron chi connectivity index (χ2n) is 5.18. The highest BCUT2D eigenvalue weighted by atomic mass is 35.5. The van der Waals surface area contributed by atoms with E-state index in [-0.39, 0.29) is 29.3 Å². The van der Waals surface area contributed by atoms with Gasteiger partial charge in [0.1, 0.15) is 0 Å². The van der Waals surface area contributed by atoms with Crippen LogP contribution >= 0.6 is 12.4 Å². The van der Waals surface area contributed by atoms with Crippen LogP contribution in [0.25, 0.3) is 0 Å². The second kappa shape index (κ2) is 9.09. The smallest absolute Gasteiger partial charge is 0.241 e. The summed E-state index contributed by atoms with van der Waals surface area (Å²) in [6.45, 7) is 5.46. The van der Waals surface area contributed by atoms with Gasteiger partial charge in [-0.3, -0.25) is 4.79 Å². The summed E-state index contributed by atoms with van der Waals surface area (Å²) in [6.07, 6.45) is 1.43. The van der Waals surface area contributed by atoms with E-state index in [1.807, 2.05) is 6.92 Å². The summed E-state index contributed by atoms with van der Waals surface area (Å²) in [7, 11) is -3.52. The molecule has 0 aliphatic carbocycles. The van der Waals surface area contributed by atoms with Crippen molar-refractivity contribution in [2.45, 2.75) is 50.6 Å². The molecule has 1 unspecified atom stereocenters. The Kier molecular flexibility index (Phi) is 8.62. The van der Waals surface area contributed by atoms with E-state index in [0.29, 0.717) is 12.1 Å². The van der Waals surface area contributed by atoms with Crippen LogP contribution in [0.4, 0.5) is 5.69 Å². The van der Waals surface area contributed by atoms with Crippen LogP contribution in [0.1, 0.15) is 33.6 Å². The van der Waals surface area contributed by atoms with Crippen LogP contribution in [0.5, 0.6) is 0 Å². The maximum absolute atomic E-state index is 12.0. The van der Waals surface area contributed by atoms with Gasteiger partial charge in [0, 0.05) is 11.7 Å². The number of hydrogen-bond donors (Lipinski definition) is 3. The van der Waals surface area contributed by atoms with Crippen LogP contribution < -0.4 is 15.8 Å². The molecular weight excluding hydrogens is 326 g/mol. The first-order chi connectivity index (χ1) is 9.76. The van der Waals surface area contributed by atoms with Crippen LogP contribution in [0, 0.1) is 0 Å². The van der Waals surface area contributed by atoms with E-state index in [1.54, 1.807) is 26.0 Å². The highest BCUT2D eigenvalue weighted by molar-refractivity contribution is 7.89. The van der Waals surface area contributed by atoms with E-state index in [1.165, 1.54) is 12.1 Å². The quantitative estimate of drug-likeness (QED) is 0.699. The Bertz CT molecular complexity index is 574. The fraction of sp³-hybridized carbons (Fsp3) is 0.500. The summed E-state index contributed by atoms with van der Waals surface area (Å²) < 4.78 is 26.4. The molecule has 0 aliphatic rings. The Labute approximate surface area is 138 Å². The maximum Gasteiger partial charge on any atom is 0.241 e. The minimum Gasteiger partial charge on any atom is -0.325 e. The number of nitrogens with one attached hydrogen (secondary N) is 2. The lowest BCUT2D eigenvalue weighted by Gasteiger charge is -2.12. The first-order valence-corrected chi connectivity index (χ1v) is 8.43. The summed E-state index contributed by atoms with van der Waals surface area (Å²) in [4.78, 5) is 11.9. The van der Waals surface area contributed by atoms with Gasteiger partial charge in [0.25, 0.3) is 0 Å². The van der Waals surface area contributed by atoms with Crippen molar-refractivity contribution in [2.75, 3.05) is 5.32 Å². The zero-order valence-corrected chi connectivity index (χ0v) is 14.6. The van der Waals surface area contributed by atoms with E-state index in [9.17, 15) is 13.2 Å². The van der Waals surface area contributed by atoms with Crippen LogP contribution in [0.2, 0.25) is 0 Å². The van der Waals surface area contributed by atoms with Gasteiger partial charge in [0.15, 0.2) is 0 Å². The molecule has 126 valence electrons. The highest BCUT2D eigenvalue weighted by Crippen LogP contribution is 2.14. The van der Waals surface area contributed by atoms with Crippen molar-refractivity contribution in [3.63, 3.8) is 0 Å². The zero-order valence-electron chi connectivity index (χ0n) is 13.0. The van der Waals surface area contributed by atoms with E-state index in [4.69, 9.17) is 5.73 Å². The second-order valence-corrected chi connectivity index (χ2v) is 6.90. The van der Waals surface area contributed by atoms with Gasteiger partial charge >= 0.3 is 0 Å². The molecule has 0 heterocycles. The van der Waals surface area contributed by atoms with Crippen molar-refractivity contribution in [3.8, 4) is 0 Å². The number of carbonyl (C=O) groups excluding carboxylic acids is 1. The van der Waals surface area contributed by atoms with Gasteiger partial charge in [-0.15, -0.1) is 12.4 Å². The SMILES string of the molecule is CCCC(N)C(=O)Nc1ccc(S(=O)(=O)NC(C)C)cc1.Cl. The molecule has 22 heavy (non-hydrogen) atoms. The third-order valence-corrected chi connectivity index (χ3v) is 4.43. The Balaban J connectivity index is 0.00000441. The monoisotopic (exact) mass is 349 g/mol. The summed E-state index contributed by atoms with van der Waals surface area (Å²) in [5.41, 5.74) is 6.23. The molecule has 4 N–H and O–H groups in total. The zero-order chi connectivity index (χ0) is 16.0. The first-order valence-electron chi connectivity index (χ1n) is 6.95. The molecular formula is C14H24ClN3O3S. The van der Waals surface area contributed by atoms with Crippen LogP contribution in [0.15, 0.2) is 29.2 Å². The fourth-order valence-electron chi connectivity index (χ4n) is 1.77. The van der Waals surface area contributed by atoms with Crippen molar-refractivity contribution >= 4 is 34.0 Å². The lowest BCUT2D eigenvalue weighted by Crippen LogP contribution is -2.35. The number of amides is 1. The van der Waals surface area contributed by atoms with E-state index in [2.05, 4.69) is 10.0 Å². The van der Waals surface area contributed by atoms with Gasteiger partial charge in [-0.25, -0.2) is 13.1 Å². The Morgan fingerprint density at radius 3 is 2.23 bits per heavy atom. The highest BCUT2D eigenvalue weighted by Gasteiger charge is 2.16. The number of sulfonamides is 1. The average molecular weight is 350 g/mol. The molecule has 0 saturated carbocycles. The van der Waals surface area contributed by atoms with Gasteiger partial charge in [-0.05, 0) is 44.5 Å². The summed E-state index contributed by atoms with van der Waals surface area (Å²) in [5.74, 6) is -0.271. The molecule has 0 radical (unpaired) electrons. The maximum atomic E-state index is 12.0. The minimum atomic E-state index is -3.52. The van der Waals surface area contributed by atoms with Gasteiger partial charge in [0.2, 0.25) is 15.9 Å². The fourth-order valence-corrected chi connectivity index (χ4v) is 3.02. The largest absolute Gasteiger partial charge is 0.325 e. The summed E-state index contributed by atoms with van der Waals surface area (Å²) in [5, 5.41) is 2.67. The molecule has 0 spiro atoms.